The number of hydrogen-bond acceptors (Lipinski definition) is 3. The summed E-state index contributed by atoms with van der Waals surface area (Å²) >= 11 is 13.8. The minimum atomic E-state index is -0.0890. The third-order valence-electron chi connectivity index (χ3n) is 4.57. The van der Waals surface area contributed by atoms with Gasteiger partial charge < -0.3 is 10.2 Å². The Morgan fingerprint density at radius 3 is 2.61 bits per heavy atom. The lowest BCUT2D eigenvalue weighted by molar-refractivity contribution is -0.128. The molecule has 0 saturated carbocycles. The van der Waals surface area contributed by atoms with Crippen LogP contribution in [0.2, 0.25) is 10.0 Å². The Labute approximate surface area is 179 Å². The molecule has 3 rings (SSSR count). The van der Waals surface area contributed by atoms with Crippen molar-refractivity contribution in [2.24, 2.45) is 0 Å². The van der Waals surface area contributed by atoms with Crippen molar-refractivity contribution >= 4 is 46.8 Å². The Hall–Kier alpha value is -1.69. The highest BCUT2D eigenvalue weighted by atomic mass is 35.5. The molecule has 0 aromatic heterocycles. The maximum absolute atomic E-state index is 12.3. The van der Waals surface area contributed by atoms with E-state index in [-0.39, 0.29) is 11.8 Å². The largest absolute Gasteiger partial charge is 0.351 e. The summed E-state index contributed by atoms with van der Waals surface area (Å²) in [6.07, 6.45) is 1.57. The van der Waals surface area contributed by atoms with Crippen LogP contribution in [0.3, 0.4) is 0 Å². The third kappa shape index (κ3) is 5.90. The quantitative estimate of drug-likeness (QED) is 0.605. The minimum Gasteiger partial charge on any atom is -0.351 e. The fourth-order valence-corrected chi connectivity index (χ4v) is 4.43. The Morgan fingerprint density at radius 1 is 1.14 bits per heavy atom. The van der Waals surface area contributed by atoms with Gasteiger partial charge in [-0.3, -0.25) is 9.59 Å². The molecular formula is C21H22Cl2N2O2S. The number of hydrogen-bond donors (Lipinski definition) is 1. The van der Waals surface area contributed by atoms with Crippen LogP contribution in [0.1, 0.15) is 34.3 Å². The number of benzene rings is 2. The second kappa shape index (κ2) is 10.2. The van der Waals surface area contributed by atoms with E-state index < -0.39 is 0 Å². The Balaban J connectivity index is 1.39. The highest BCUT2D eigenvalue weighted by molar-refractivity contribution is 7.98. The normalized spacial score (nSPS) is 13.8. The van der Waals surface area contributed by atoms with Crippen molar-refractivity contribution in [3.05, 3.63) is 69.2 Å². The van der Waals surface area contributed by atoms with E-state index in [1.165, 1.54) is 0 Å². The fraction of sp³-hybridized carbons (Fsp3) is 0.333. The van der Waals surface area contributed by atoms with Crippen molar-refractivity contribution < 1.29 is 9.59 Å². The van der Waals surface area contributed by atoms with Gasteiger partial charge in [0.1, 0.15) is 0 Å². The zero-order valence-electron chi connectivity index (χ0n) is 15.4. The first-order chi connectivity index (χ1) is 13.5. The average Bonchev–Trinajstić information content (AvgIpc) is 3.08. The number of halogens is 2. The maximum atomic E-state index is 12.3. The molecule has 2 aromatic carbocycles. The number of nitrogens with zero attached hydrogens (tertiary/aromatic N) is 1. The smallest absolute Gasteiger partial charge is 0.251 e. The van der Waals surface area contributed by atoms with Crippen LogP contribution in [0, 0.1) is 0 Å². The van der Waals surface area contributed by atoms with E-state index in [1.807, 2.05) is 41.3 Å². The van der Waals surface area contributed by atoms with Crippen LogP contribution >= 0.6 is 35.0 Å². The van der Waals surface area contributed by atoms with Crippen LogP contribution in [0.5, 0.6) is 0 Å². The zero-order chi connectivity index (χ0) is 19.9. The molecule has 28 heavy (non-hydrogen) atoms. The lowest BCUT2D eigenvalue weighted by atomic mass is 10.1. The van der Waals surface area contributed by atoms with E-state index in [9.17, 15) is 9.59 Å². The van der Waals surface area contributed by atoms with Gasteiger partial charge in [-0.25, -0.2) is 0 Å². The first-order valence-electron chi connectivity index (χ1n) is 9.19. The van der Waals surface area contributed by atoms with Gasteiger partial charge >= 0.3 is 0 Å². The molecule has 7 heteroatoms. The first-order valence-corrected chi connectivity index (χ1v) is 11.1. The van der Waals surface area contributed by atoms with Crippen LogP contribution in [0.25, 0.3) is 0 Å². The molecule has 148 valence electrons. The summed E-state index contributed by atoms with van der Waals surface area (Å²) in [5.74, 6) is 1.68. The minimum absolute atomic E-state index is 0.0890. The molecule has 1 aliphatic heterocycles. The fourth-order valence-electron chi connectivity index (χ4n) is 3.01. The van der Waals surface area contributed by atoms with E-state index in [4.69, 9.17) is 23.2 Å². The van der Waals surface area contributed by atoms with Gasteiger partial charge in [0, 0.05) is 53.2 Å². The molecule has 1 N–H and O–H groups in total. The summed E-state index contributed by atoms with van der Waals surface area (Å²) in [5, 5.41) is 4.23. The molecule has 4 nitrogen and oxygen atoms in total. The van der Waals surface area contributed by atoms with Crippen LogP contribution in [0.4, 0.5) is 0 Å². The average molecular weight is 437 g/mol. The highest BCUT2D eigenvalue weighted by Crippen LogP contribution is 2.24. The van der Waals surface area contributed by atoms with Gasteiger partial charge in [-0.1, -0.05) is 41.4 Å². The van der Waals surface area contributed by atoms with Gasteiger partial charge in [-0.2, -0.15) is 11.8 Å². The van der Waals surface area contributed by atoms with Crippen molar-refractivity contribution in [1.29, 1.82) is 0 Å². The standard InChI is InChI=1S/C21H22Cl2N2O2S/c22-18-8-7-17(19(23)12-18)14-28-11-9-24-21(27)16-5-3-15(4-6-16)13-25-10-1-2-20(25)26/h3-8,12H,1-2,9-11,13-14H2,(H,24,27). The summed E-state index contributed by atoms with van der Waals surface area (Å²) in [6.45, 7) is 2.02. The molecule has 1 saturated heterocycles. The van der Waals surface area contributed by atoms with Crippen molar-refractivity contribution in [2.45, 2.75) is 25.1 Å². The number of nitrogens with one attached hydrogen (secondary N) is 1. The van der Waals surface area contributed by atoms with Crippen LogP contribution < -0.4 is 5.32 Å². The molecule has 0 unspecified atom stereocenters. The molecule has 1 heterocycles. The molecule has 0 bridgehead atoms. The monoisotopic (exact) mass is 436 g/mol. The number of amides is 2. The molecule has 0 radical (unpaired) electrons. The lowest BCUT2D eigenvalue weighted by Gasteiger charge is -2.15. The number of rotatable bonds is 8. The lowest BCUT2D eigenvalue weighted by Crippen LogP contribution is -2.26. The van der Waals surface area contributed by atoms with E-state index in [0.717, 1.165) is 35.6 Å². The van der Waals surface area contributed by atoms with Gasteiger partial charge in [-0.05, 0) is 41.8 Å². The summed E-state index contributed by atoms with van der Waals surface area (Å²) in [5.41, 5.74) is 2.71. The Kier molecular flexibility index (Phi) is 7.65. The van der Waals surface area contributed by atoms with E-state index >= 15 is 0 Å². The topological polar surface area (TPSA) is 49.4 Å². The number of carbonyl (C=O) groups excluding carboxylic acids is 2. The number of thioether (sulfide) groups is 1. The first kappa shape index (κ1) is 21.0. The van der Waals surface area contributed by atoms with Gasteiger partial charge in [0.25, 0.3) is 5.91 Å². The maximum Gasteiger partial charge on any atom is 0.251 e. The Bertz CT molecular complexity index is 843. The molecule has 2 amide bonds. The van der Waals surface area contributed by atoms with Gasteiger partial charge in [0.15, 0.2) is 0 Å². The van der Waals surface area contributed by atoms with E-state index in [2.05, 4.69) is 5.32 Å². The van der Waals surface area contributed by atoms with E-state index in [0.29, 0.717) is 35.1 Å². The highest BCUT2D eigenvalue weighted by Gasteiger charge is 2.19. The molecule has 0 atom stereocenters. The van der Waals surface area contributed by atoms with Crippen LogP contribution in [-0.2, 0) is 17.1 Å². The second-order valence-corrected chi connectivity index (χ2v) is 8.61. The molecule has 2 aromatic rings. The summed E-state index contributed by atoms with van der Waals surface area (Å²) in [6, 6.07) is 12.9. The summed E-state index contributed by atoms with van der Waals surface area (Å²) < 4.78 is 0. The van der Waals surface area contributed by atoms with Gasteiger partial charge in [0.2, 0.25) is 5.91 Å². The summed E-state index contributed by atoms with van der Waals surface area (Å²) in [7, 11) is 0. The SMILES string of the molecule is O=C(NCCSCc1ccc(Cl)cc1Cl)c1ccc(CN2CCCC2=O)cc1. The predicted octanol–water partition coefficient (Wildman–Crippen LogP) is 4.78. The zero-order valence-corrected chi connectivity index (χ0v) is 17.7. The number of likely N-dealkylation sites (tertiary alicyclic amines) is 1. The number of carbonyl (C=O) groups is 2. The van der Waals surface area contributed by atoms with Crippen LogP contribution in [0.15, 0.2) is 42.5 Å². The van der Waals surface area contributed by atoms with Crippen molar-refractivity contribution in [2.75, 3.05) is 18.8 Å². The van der Waals surface area contributed by atoms with Crippen molar-refractivity contribution in [3.63, 3.8) is 0 Å². The molecule has 1 fully saturated rings. The predicted molar refractivity (Wildman–Crippen MR) is 116 cm³/mol. The molecular weight excluding hydrogens is 415 g/mol. The van der Waals surface area contributed by atoms with Crippen LogP contribution in [-0.4, -0.2) is 35.6 Å². The second-order valence-electron chi connectivity index (χ2n) is 6.66. The van der Waals surface area contributed by atoms with E-state index in [1.54, 1.807) is 17.8 Å². The van der Waals surface area contributed by atoms with Gasteiger partial charge in [-0.15, -0.1) is 0 Å². The van der Waals surface area contributed by atoms with Crippen molar-refractivity contribution in [3.8, 4) is 0 Å². The van der Waals surface area contributed by atoms with Gasteiger partial charge in [0.05, 0.1) is 0 Å². The molecule has 0 spiro atoms. The molecule has 1 aliphatic rings. The summed E-state index contributed by atoms with van der Waals surface area (Å²) in [4.78, 5) is 25.8. The molecule has 0 aliphatic carbocycles. The van der Waals surface area contributed by atoms with Crippen molar-refractivity contribution in [1.82, 2.24) is 10.2 Å². The third-order valence-corrected chi connectivity index (χ3v) is 6.16. The Morgan fingerprint density at radius 2 is 1.93 bits per heavy atom.